The van der Waals surface area contributed by atoms with Crippen LogP contribution in [0.1, 0.15) is 38.5 Å². The van der Waals surface area contributed by atoms with Gasteiger partial charge in [0.1, 0.15) is 0 Å². The van der Waals surface area contributed by atoms with E-state index in [1.54, 1.807) is 0 Å². The van der Waals surface area contributed by atoms with E-state index in [1.165, 1.54) is 38.5 Å². The van der Waals surface area contributed by atoms with E-state index in [1.807, 2.05) is 0 Å². The molecule has 3 unspecified atom stereocenters. The summed E-state index contributed by atoms with van der Waals surface area (Å²) >= 11 is 0. The molecule has 0 aliphatic heterocycles. The minimum atomic E-state index is 0.560. The number of nitrogens with two attached hydrogens (primary N) is 1. The first kappa shape index (κ1) is 7.37. The lowest BCUT2D eigenvalue weighted by molar-refractivity contribution is 0.365. The van der Waals surface area contributed by atoms with Crippen molar-refractivity contribution in [3.8, 4) is 0 Å². The lowest BCUT2D eigenvalue weighted by Crippen LogP contribution is -2.29. The molecule has 0 saturated heterocycles. The Bertz CT molecular complexity index is 175. The van der Waals surface area contributed by atoms with Crippen LogP contribution in [-0.2, 0) is 0 Å². The van der Waals surface area contributed by atoms with E-state index in [9.17, 15) is 0 Å². The third-order valence-electron chi connectivity index (χ3n) is 4.19. The fourth-order valence-corrected chi connectivity index (χ4v) is 3.04. The minimum Gasteiger partial charge on any atom is -0.327 e. The molecule has 12 heavy (non-hydrogen) atoms. The summed E-state index contributed by atoms with van der Waals surface area (Å²) in [5, 5.41) is 0. The molecule has 3 aliphatic rings. The highest BCUT2D eigenvalue weighted by Crippen LogP contribution is 2.55. The van der Waals surface area contributed by atoms with Crippen LogP contribution >= 0.6 is 0 Å². The van der Waals surface area contributed by atoms with Crippen LogP contribution in [0.2, 0.25) is 0 Å². The van der Waals surface area contributed by atoms with Gasteiger partial charge in [0, 0.05) is 6.04 Å². The Kier molecular flexibility index (Phi) is 1.52. The molecular weight excluding hydrogens is 146 g/mol. The van der Waals surface area contributed by atoms with Gasteiger partial charge >= 0.3 is 0 Å². The lowest BCUT2D eigenvalue weighted by Gasteiger charge is -2.20. The normalized spacial score (nSPS) is 47.2. The van der Waals surface area contributed by atoms with Crippen molar-refractivity contribution < 1.29 is 0 Å². The van der Waals surface area contributed by atoms with Crippen molar-refractivity contribution in [1.29, 1.82) is 0 Å². The first-order valence-corrected chi connectivity index (χ1v) is 5.58. The zero-order chi connectivity index (χ0) is 8.13. The predicted octanol–water partition coefficient (Wildman–Crippen LogP) is 2.16. The number of fused-ring (bicyclic) bond motifs is 1. The Balaban J connectivity index is 1.51. The molecule has 0 radical (unpaired) electrons. The van der Waals surface area contributed by atoms with Gasteiger partial charge in [-0.3, -0.25) is 0 Å². The summed E-state index contributed by atoms with van der Waals surface area (Å²) < 4.78 is 0. The Hall–Kier alpha value is -0.0400. The standard InChI is InChI=1S/C11H19N/c12-11(3-7-1-2-7)10-5-8-4-9(8)6-10/h7-11H,1-6,12H2. The number of rotatable bonds is 3. The van der Waals surface area contributed by atoms with E-state index in [2.05, 4.69) is 0 Å². The second-order valence-corrected chi connectivity index (χ2v) is 5.33. The topological polar surface area (TPSA) is 26.0 Å². The van der Waals surface area contributed by atoms with Crippen molar-refractivity contribution in [3.05, 3.63) is 0 Å². The maximum absolute atomic E-state index is 6.20. The largest absolute Gasteiger partial charge is 0.327 e. The van der Waals surface area contributed by atoms with Crippen molar-refractivity contribution in [3.63, 3.8) is 0 Å². The van der Waals surface area contributed by atoms with E-state index < -0.39 is 0 Å². The van der Waals surface area contributed by atoms with Gasteiger partial charge in [0.2, 0.25) is 0 Å². The second kappa shape index (κ2) is 2.47. The van der Waals surface area contributed by atoms with Crippen molar-refractivity contribution in [2.75, 3.05) is 0 Å². The Labute approximate surface area is 74.7 Å². The molecule has 3 fully saturated rings. The molecule has 0 aromatic rings. The summed E-state index contributed by atoms with van der Waals surface area (Å²) in [6, 6.07) is 0.560. The van der Waals surface area contributed by atoms with E-state index in [-0.39, 0.29) is 0 Å². The summed E-state index contributed by atoms with van der Waals surface area (Å²) in [5.41, 5.74) is 6.20. The summed E-state index contributed by atoms with van der Waals surface area (Å²) in [7, 11) is 0. The Morgan fingerprint density at radius 1 is 1.08 bits per heavy atom. The van der Waals surface area contributed by atoms with E-state index >= 15 is 0 Å². The van der Waals surface area contributed by atoms with Gasteiger partial charge in [0.15, 0.2) is 0 Å². The third kappa shape index (κ3) is 1.28. The molecule has 2 N–H and O–H groups in total. The molecule has 0 amide bonds. The van der Waals surface area contributed by atoms with E-state index in [0.29, 0.717) is 6.04 Å². The molecule has 3 saturated carbocycles. The van der Waals surface area contributed by atoms with Crippen LogP contribution in [0, 0.1) is 23.7 Å². The maximum atomic E-state index is 6.20. The van der Waals surface area contributed by atoms with Crippen LogP contribution in [0.3, 0.4) is 0 Å². The van der Waals surface area contributed by atoms with Crippen LogP contribution in [0.5, 0.6) is 0 Å². The van der Waals surface area contributed by atoms with Crippen LogP contribution in [-0.4, -0.2) is 6.04 Å². The highest BCUT2D eigenvalue weighted by atomic mass is 14.7. The van der Waals surface area contributed by atoms with Gasteiger partial charge in [-0.15, -0.1) is 0 Å². The summed E-state index contributed by atoms with van der Waals surface area (Å²) in [6.45, 7) is 0. The van der Waals surface area contributed by atoms with Crippen molar-refractivity contribution >= 4 is 0 Å². The van der Waals surface area contributed by atoms with Gasteiger partial charge in [0.25, 0.3) is 0 Å². The van der Waals surface area contributed by atoms with E-state index in [0.717, 1.165) is 23.7 Å². The molecule has 1 heteroatoms. The van der Waals surface area contributed by atoms with Crippen molar-refractivity contribution in [2.45, 2.75) is 44.6 Å². The summed E-state index contributed by atoms with van der Waals surface area (Å²) in [4.78, 5) is 0. The fraction of sp³-hybridized carbons (Fsp3) is 1.00. The molecule has 0 aromatic heterocycles. The molecule has 3 rings (SSSR count). The van der Waals surface area contributed by atoms with Crippen molar-refractivity contribution in [2.24, 2.45) is 29.4 Å². The average Bonchev–Trinajstić information content (AvgIpc) is 2.95. The molecule has 1 nitrogen and oxygen atoms in total. The van der Waals surface area contributed by atoms with Crippen molar-refractivity contribution in [1.82, 2.24) is 0 Å². The highest BCUT2D eigenvalue weighted by molar-refractivity contribution is 4.99. The van der Waals surface area contributed by atoms with Crippen LogP contribution in [0.4, 0.5) is 0 Å². The molecule has 0 bridgehead atoms. The van der Waals surface area contributed by atoms with E-state index in [4.69, 9.17) is 5.73 Å². The second-order valence-electron chi connectivity index (χ2n) is 5.33. The highest BCUT2D eigenvalue weighted by Gasteiger charge is 2.47. The molecule has 0 spiro atoms. The van der Waals surface area contributed by atoms with Crippen LogP contribution in [0.15, 0.2) is 0 Å². The Morgan fingerprint density at radius 2 is 1.75 bits per heavy atom. The van der Waals surface area contributed by atoms with Gasteiger partial charge in [0.05, 0.1) is 0 Å². The van der Waals surface area contributed by atoms with Gasteiger partial charge in [-0.1, -0.05) is 12.8 Å². The fourth-order valence-electron chi connectivity index (χ4n) is 3.04. The average molecular weight is 165 g/mol. The smallest absolute Gasteiger partial charge is 0.00700 e. The maximum Gasteiger partial charge on any atom is 0.00700 e. The molecule has 3 atom stereocenters. The summed E-state index contributed by atoms with van der Waals surface area (Å²) in [5.74, 6) is 4.16. The predicted molar refractivity (Wildman–Crippen MR) is 49.6 cm³/mol. The Morgan fingerprint density at radius 3 is 2.33 bits per heavy atom. The molecule has 0 heterocycles. The van der Waals surface area contributed by atoms with Crippen LogP contribution < -0.4 is 5.73 Å². The summed E-state index contributed by atoms with van der Waals surface area (Å²) in [6.07, 6.45) is 8.74. The molecule has 3 aliphatic carbocycles. The van der Waals surface area contributed by atoms with Crippen LogP contribution in [0.25, 0.3) is 0 Å². The van der Waals surface area contributed by atoms with Gasteiger partial charge in [-0.2, -0.15) is 0 Å². The molecule has 68 valence electrons. The van der Waals surface area contributed by atoms with Gasteiger partial charge in [-0.25, -0.2) is 0 Å². The SMILES string of the molecule is NC(CC1CC1)C1CC2CC2C1. The molecular formula is C11H19N. The quantitative estimate of drug-likeness (QED) is 0.681. The first-order chi connectivity index (χ1) is 5.83. The monoisotopic (exact) mass is 165 g/mol. The van der Waals surface area contributed by atoms with Gasteiger partial charge < -0.3 is 5.73 Å². The molecule has 0 aromatic carbocycles. The number of hydrogen-bond acceptors (Lipinski definition) is 1. The number of hydrogen-bond donors (Lipinski definition) is 1. The lowest BCUT2D eigenvalue weighted by atomic mass is 9.91. The third-order valence-corrected chi connectivity index (χ3v) is 4.19. The van der Waals surface area contributed by atoms with Gasteiger partial charge in [-0.05, 0) is 49.4 Å². The minimum absolute atomic E-state index is 0.560. The zero-order valence-electron chi connectivity index (χ0n) is 7.71. The first-order valence-electron chi connectivity index (χ1n) is 5.58. The zero-order valence-corrected chi connectivity index (χ0v) is 7.71.